The fraction of sp³-hybridized carbons (Fsp3) is 0.250. The van der Waals surface area contributed by atoms with Crippen molar-refractivity contribution in [3.8, 4) is 0 Å². The first-order valence-electron chi connectivity index (χ1n) is 6.51. The van der Waals surface area contributed by atoms with Gasteiger partial charge in [0.2, 0.25) is 0 Å². The number of hydrogen-bond donors (Lipinski definition) is 1. The summed E-state index contributed by atoms with van der Waals surface area (Å²) >= 11 is 0. The molecule has 0 saturated carbocycles. The van der Waals surface area contributed by atoms with Crippen LogP contribution >= 0.6 is 0 Å². The third kappa shape index (κ3) is 2.96. The average Bonchev–Trinajstić information content (AvgIpc) is 2.44. The maximum absolute atomic E-state index is 12.5. The van der Waals surface area contributed by atoms with Gasteiger partial charge in [0.05, 0.1) is 0 Å². The number of aryl methyl sites for hydroxylation is 2. The molecule has 4 nitrogen and oxygen atoms in total. The van der Waals surface area contributed by atoms with Gasteiger partial charge in [-0.15, -0.1) is 0 Å². The van der Waals surface area contributed by atoms with E-state index in [1.807, 2.05) is 26.0 Å². The first-order chi connectivity index (χ1) is 9.51. The fourth-order valence-electron chi connectivity index (χ4n) is 2.16. The van der Waals surface area contributed by atoms with Crippen LogP contribution in [-0.2, 0) is 0 Å². The molecule has 0 bridgehead atoms. The highest BCUT2D eigenvalue weighted by Crippen LogP contribution is 2.20. The number of amides is 1. The van der Waals surface area contributed by atoms with Crippen LogP contribution in [0.2, 0.25) is 0 Å². The molecule has 2 aromatic rings. The van der Waals surface area contributed by atoms with Crippen LogP contribution in [0.3, 0.4) is 0 Å². The number of hydrogen-bond acceptors (Lipinski definition) is 3. The molecule has 0 aliphatic carbocycles. The molecule has 1 aromatic carbocycles. The summed E-state index contributed by atoms with van der Waals surface area (Å²) in [7, 11) is 3.57. The number of carbonyl (C=O) groups is 1. The van der Waals surface area contributed by atoms with E-state index in [4.69, 9.17) is 0 Å². The van der Waals surface area contributed by atoms with Crippen LogP contribution in [0.25, 0.3) is 0 Å². The molecular weight excluding hydrogens is 250 g/mol. The van der Waals surface area contributed by atoms with Gasteiger partial charge >= 0.3 is 0 Å². The Morgan fingerprint density at radius 1 is 1.15 bits per heavy atom. The van der Waals surface area contributed by atoms with Crippen molar-refractivity contribution in [1.29, 1.82) is 0 Å². The van der Waals surface area contributed by atoms with E-state index in [0.717, 1.165) is 16.8 Å². The Morgan fingerprint density at radius 2 is 1.80 bits per heavy atom. The van der Waals surface area contributed by atoms with Crippen molar-refractivity contribution in [3.63, 3.8) is 0 Å². The largest absolute Gasteiger partial charge is 0.373 e. The van der Waals surface area contributed by atoms with Gasteiger partial charge in [0, 0.05) is 31.5 Å². The maximum atomic E-state index is 12.5. The summed E-state index contributed by atoms with van der Waals surface area (Å²) in [6.45, 7) is 4.06. The smallest absolute Gasteiger partial charge is 0.258 e. The summed E-state index contributed by atoms with van der Waals surface area (Å²) in [5.74, 6) is 0.638. The molecule has 1 aromatic heterocycles. The van der Waals surface area contributed by atoms with E-state index in [0.29, 0.717) is 11.4 Å². The minimum absolute atomic E-state index is 0.0473. The van der Waals surface area contributed by atoms with E-state index in [9.17, 15) is 4.79 Å². The molecule has 1 N–H and O–H groups in total. The number of carbonyl (C=O) groups excluding carboxylic acids is 1. The van der Waals surface area contributed by atoms with E-state index < -0.39 is 0 Å². The summed E-state index contributed by atoms with van der Waals surface area (Å²) in [5.41, 5.74) is 3.80. The highest BCUT2D eigenvalue weighted by atomic mass is 16.2. The van der Waals surface area contributed by atoms with E-state index in [1.54, 1.807) is 37.3 Å². The lowest BCUT2D eigenvalue weighted by molar-refractivity contribution is 0.0993. The zero-order valence-corrected chi connectivity index (χ0v) is 12.3. The Kier molecular flexibility index (Phi) is 4.03. The van der Waals surface area contributed by atoms with Gasteiger partial charge in [-0.3, -0.25) is 4.79 Å². The average molecular weight is 269 g/mol. The van der Waals surface area contributed by atoms with E-state index in [1.165, 1.54) is 0 Å². The lowest BCUT2D eigenvalue weighted by Crippen LogP contribution is -2.26. The minimum Gasteiger partial charge on any atom is -0.373 e. The number of benzene rings is 1. The molecule has 104 valence electrons. The zero-order chi connectivity index (χ0) is 14.7. The summed E-state index contributed by atoms with van der Waals surface area (Å²) < 4.78 is 0. The molecule has 0 spiro atoms. The fourth-order valence-corrected chi connectivity index (χ4v) is 2.16. The second-order valence-electron chi connectivity index (χ2n) is 4.89. The van der Waals surface area contributed by atoms with Crippen LogP contribution in [0.15, 0.2) is 36.5 Å². The van der Waals surface area contributed by atoms with Crippen molar-refractivity contribution < 1.29 is 4.79 Å². The quantitative estimate of drug-likeness (QED) is 0.931. The second-order valence-corrected chi connectivity index (χ2v) is 4.89. The molecule has 4 heteroatoms. The van der Waals surface area contributed by atoms with E-state index in [-0.39, 0.29) is 5.91 Å². The predicted octanol–water partition coefficient (Wildman–Crippen LogP) is 3.02. The number of nitrogens with one attached hydrogen (secondary N) is 1. The van der Waals surface area contributed by atoms with Crippen molar-refractivity contribution in [2.24, 2.45) is 0 Å². The Hall–Kier alpha value is -2.36. The molecule has 0 saturated heterocycles. The van der Waals surface area contributed by atoms with Gasteiger partial charge in [-0.1, -0.05) is 6.07 Å². The summed E-state index contributed by atoms with van der Waals surface area (Å²) in [6.07, 6.45) is 1.63. The van der Waals surface area contributed by atoms with E-state index in [2.05, 4.69) is 16.4 Å². The summed E-state index contributed by atoms with van der Waals surface area (Å²) in [4.78, 5) is 18.3. The number of pyridine rings is 1. The molecule has 20 heavy (non-hydrogen) atoms. The van der Waals surface area contributed by atoms with Crippen LogP contribution in [0, 0.1) is 13.8 Å². The molecule has 2 rings (SSSR count). The Bertz CT molecular complexity index is 617. The Balaban J connectivity index is 2.31. The standard InChI is InChI=1S/C16H19N3O/c1-11-7-12(2)9-14(8-11)19(4)16(20)13-5-6-18-15(10-13)17-3/h5-10H,1-4H3,(H,17,18). The number of nitrogens with zero attached hydrogens (tertiary/aromatic N) is 2. The van der Waals surface area contributed by atoms with Crippen molar-refractivity contribution in [3.05, 3.63) is 53.2 Å². The molecule has 1 heterocycles. The van der Waals surface area contributed by atoms with Crippen molar-refractivity contribution >= 4 is 17.4 Å². The van der Waals surface area contributed by atoms with Gasteiger partial charge in [-0.25, -0.2) is 4.98 Å². The highest BCUT2D eigenvalue weighted by molar-refractivity contribution is 6.06. The van der Waals surface area contributed by atoms with Crippen LogP contribution in [-0.4, -0.2) is 25.0 Å². The zero-order valence-electron chi connectivity index (χ0n) is 12.3. The molecular formula is C16H19N3O. The van der Waals surface area contributed by atoms with Gasteiger partial charge in [-0.05, 0) is 49.2 Å². The summed E-state index contributed by atoms with van der Waals surface area (Å²) in [5, 5.41) is 2.94. The van der Waals surface area contributed by atoms with E-state index >= 15 is 0 Å². The molecule has 1 amide bonds. The first-order valence-corrected chi connectivity index (χ1v) is 6.51. The number of aromatic nitrogens is 1. The molecule has 0 aliphatic rings. The molecule has 0 fully saturated rings. The topological polar surface area (TPSA) is 45.2 Å². The third-order valence-corrected chi connectivity index (χ3v) is 3.16. The first kappa shape index (κ1) is 14.1. The van der Waals surface area contributed by atoms with Crippen LogP contribution < -0.4 is 10.2 Å². The number of anilines is 2. The molecule has 0 atom stereocenters. The van der Waals surface area contributed by atoms with Crippen molar-refractivity contribution in [2.75, 3.05) is 24.3 Å². The van der Waals surface area contributed by atoms with Gasteiger partial charge in [0.15, 0.2) is 0 Å². The van der Waals surface area contributed by atoms with Gasteiger partial charge in [-0.2, -0.15) is 0 Å². The maximum Gasteiger partial charge on any atom is 0.258 e. The Morgan fingerprint density at radius 3 is 2.40 bits per heavy atom. The van der Waals surface area contributed by atoms with Crippen LogP contribution in [0.5, 0.6) is 0 Å². The van der Waals surface area contributed by atoms with Crippen LogP contribution in [0.4, 0.5) is 11.5 Å². The number of rotatable bonds is 3. The normalized spacial score (nSPS) is 10.2. The lowest BCUT2D eigenvalue weighted by Gasteiger charge is -2.19. The summed E-state index contributed by atoms with van der Waals surface area (Å²) in [6, 6.07) is 9.58. The van der Waals surface area contributed by atoms with Gasteiger partial charge in [0.1, 0.15) is 5.82 Å². The molecule has 0 radical (unpaired) electrons. The third-order valence-electron chi connectivity index (χ3n) is 3.16. The second kappa shape index (κ2) is 5.74. The van der Waals surface area contributed by atoms with Crippen molar-refractivity contribution in [2.45, 2.75) is 13.8 Å². The molecule has 0 unspecified atom stereocenters. The monoisotopic (exact) mass is 269 g/mol. The van der Waals surface area contributed by atoms with Crippen LogP contribution in [0.1, 0.15) is 21.5 Å². The van der Waals surface area contributed by atoms with Gasteiger partial charge < -0.3 is 10.2 Å². The SMILES string of the molecule is CNc1cc(C(=O)N(C)c2cc(C)cc(C)c2)ccn1. The molecule has 0 aliphatic heterocycles. The lowest BCUT2D eigenvalue weighted by atomic mass is 10.1. The van der Waals surface area contributed by atoms with Gasteiger partial charge in [0.25, 0.3) is 5.91 Å². The van der Waals surface area contributed by atoms with Crippen molar-refractivity contribution in [1.82, 2.24) is 4.98 Å². The Labute approximate surface area is 119 Å². The minimum atomic E-state index is -0.0473. The predicted molar refractivity (Wildman–Crippen MR) is 82.4 cm³/mol. The highest BCUT2D eigenvalue weighted by Gasteiger charge is 2.14.